The van der Waals surface area contributed by atoms with Gasteiger partial charge < -0.3 is 10.1 Å². The van der Waals surface area contributed by atoms with Crippen molar-refractivity contribution in [3.05, 3.63) is 76.2 Å². The van der Waals surface area contributed by atoms with Crippen LogP contribution in [0.15, 0.2) is 59.4 Å². The highest BCUT2D eigenvalue weighted by molar-refractivity contribution is 6.04. The second-order valence-corrected chi connectivity index (χ2v) is 5.85. The van der Waals surface area contributed by atoms with E-state index in [0.717, 1.165) is 5.69 Å². The van der Waals surface area contributed by atoms with Crippen molar-refractivity contribution >= 4 is 11.6 Å². The summed E-state index contributed by atoms with van der Waals surface area (Å²) in [6.07, 6.45) is 0. The molecule has 0 saturated heterocycles. The first-order valence-electron chi connectivity index (χ1n) is 8.41. The molecule has 0 aliphatic heterocycles. The summed E-state index contributed by atoms with van der Waals surface area (Å²) in [6, 6.07) is 16.1. The lowest BCUT2D eigenvalue weighted by Crippen LogP contribution is -2.22. The second-order valence-electron chi connectivity index (χ2n) is 5.85. The highest BCUT2D eigenvalue weighted by Gasteiger charge is 2.18. The number of amides is 1. The molecule has 134 valence electrons. The van der Waals surface area contributed by atoms with Crippen molar-refractivity contribution in [1.82, 2.24) is 9.36 Å². The minimum atomic E-state index is -0.334. The highest BCUT2D eigenvalue weighted by Crippen LogP contribution is 2.16. The maximum Gasteiger partial charge on any atom is 0.295 e. The maximum absolute atomic E-state index is 12.8. The van der Waals surface area contributed by atoms with Gasteiger partial charge in [-0.2, -0.15) is 0 Å². The molecule has 0 radical (unpaired) electrons. The van der Waals surface area contributed by atoms with Crippen molar-refractivity contribution < 1.29 is 9.53 Å². The Morgan fingerprint density at radius 2 is 1.73 bits per heavy atom. The molecular weight excluding hydrogens is 330 g/mol. The van der Waals surface area contributed by atoms with E-state index in [1.807, 2.05) is 37.3 Å². The molecule has 0 spiro atoms. The Bertz CT molecular complexity index is 970. The van der Waals surface area contributed by atoms with E-state index in [1.54, 1.807) is 42.9 Å². The van der Waals surface area contributed by atoms with Gasteiger partial charge in [-0.05, 0) is 50.2 Å². The standard InChI is InChI=1S/C20H21N3O3/c1-4-26-17-12-10-15(11-13-17)19(24)21-18-14(2)22(3)23(20(18)25)16-8-6-5-7-9-16/h5-13H,4H2,1-3H3,(H,21,24). The molecule has 1 N–H and O–H groups in total. The number of aromatic nitrogens is 2. The zero-order valence-corrected chi connectivity index (χ0v) is 15.0. The number of nitrogens with one attached hydrogen (secondary N) is 1. The van der Waals surface area contributed by atoms with Gasteiger partial charge in [-0.3, -0.25) is 14.3 Å². The molecule has 0 aliphatic rings. The number of nitrogens with zero attached hydrogens (tertiary/aromatic N) is 2. The summed E-state index contributed by atoms with van der Waals surface area (Å²) in [5.41, 5.74) is 1.89. The minimum absolute atomic E-state index is 0.268. The fourth-order valence-corrected chi connectivity index (χ4v) is 2.77. The Hall–Kier alpha value is -3.28. The first-order chi connectivity index (χ1) is 12.5. The van der Waals surface area contributed by atoms with Crippen LogP contribution in [0, 0.1) is 6.92 Å². The Morgan fingerprint density at radius 3 is 2.35 bits per heavy atom. The summed E-state index contributed by atoms with van der Waals surface area (Å²) < 4.78 is 8.64. The monoisotopic (exact) mass is 351 g/mol. The number of anilines is 1. The van der Waals surface area contributed by atoms with Crippen LogP contribution < -0.4 is 15.6 Å². The summed E-state index contributed by atoms with van der Waals surface area (Å²) in [7, 11) is 1.79. The number of carbonyl (C=O) groups is 1. The molecule has 1 aromatic heterocycles. The fourth-order valence-electron chi connectivity index (χ4n) is 2.77. The summed E-state index contributed by atoms with van der Waals surface area (Å²) in [4.78, 5) is 25.4. The molecule has 0 bridgehead atoms. The molecule has 0 saturated carbocycles. The second kappa shape index (κ2) is 7.31. The van der Waals surface area contributed by atoms with Crippen molar-refractivity contribution in [3.8, 4) is 11.4 Å². The van der Waals surface area contributed by atoms with Crippen LogP contribution in [-0.4, -0.2) is 21.9 Å². The van der Waals surface area contributed by atoms with E-state index in [1.165, 1.54) is 4.68 Å². The molecule has 6 heteroatoms. The van der Waals surface area contributed by atoms with E-state index < -0.39 is 0 Å². The molecular formula is C20H21N3O3. The molecule has 3 aromatic rings. The predicted octanol–water partition coefficient (Wildman–Crippen LogP) is 3.14. The van der Waals surface area contributed by atoms with Gasteiger partial charge in [0.15, 0.2) is 0 Å². The number of hydrogen-bond acceptors (Lipinski definition) is 3. The third-order valence-corrected chi connectivity index (χ3v) is 4.22. The molecule has 0 atom stereocenters. The number of rotatable bonds is 5. The summed E-state index contributed by atoms with van der Waals surface area (Å²) in [6.45, 7) is 4.26. The van der Waals surface area contributed by atoms with Crippen LogP contribution in [-0.2, 0) is 7.05 Å². The normalized spacial score (nSPS) is 10.6. The highest BCUT2D eigenvalue weighted by atomic mass is 16.5. The van der Waals surface area contributed by atoms with Gasteiger partial charge in [0.2, 0.25) is 0 Å². The third-order valence-electron chi connectivity index (χ3n) is 4.22. The first kappa shape index (κ1) is 17.5. The van der Waals surface area contributed by atoms with E-state index in [9.17, 15) is 9.59 Å². The lowest BCUT2D eigenvalue weighted by atomic mass is 10.2. The van der Waals surface area contributed by atoms with Gasteiger partial charge in [0, 0.05) is 12.6 Å². The summed E-state index contributed by atoms with van der Waals surface area (Å²) >= 11 is 0. The predicted molar refractivity (Wildman–Crippen MR) is 101 cm³/mol. The van der Waals surface area contributed by atoms with E-state index in [0.29, 0.717) is 23.6 Å². The third kappa shape index (κ3) is 3.26. The summed E-state index contributed by atoms with van der Waals surface area (Å²) in [5, 5.41) is 2.74. The number of carbonyl (C=O) groups excluding carboxylic acids is 1. The van der Waals surface area contributed by atoms with Gasteiger partial charge in [-0.1, -0.05) is 18.2 Å². The maximum atomic E-state index is 12.8. The van der Waals surface area contributed by atoms with Crippen LogP contribution in [0.5, 0.6) is 5.75 Å². The Kier molecular flexibility index (Phi) is 4.93. The summed E-state index contributed by atoms with van der Waals surface area (Å²) in [5.74, 6) is 0.366. The van der Waals surface area contributed by atoms with Crippen LogP contribution in [0.25, 0.3) is 5.69 Å². The zero-order chi connectivity index (χ0) is 18.7. The Morgan fingerprint density at radius 1 is 1.08 bits per heavy atom. The topological polar surface area (TPSA) is 65.3 Å². The van der Waals surface area contributed by atoms with Crippen LogP contribution in [0.1, 0.15) is 23.0 Å². The number of benzene rings is 2. The van der Waals surface area contributed by atoms with Gasteiger partial charge in [0.25, 0.3) is 11.5 Å². The number of para-hydroxylation sites is 1. The van der Waals surface area contributed by atoms with Crippen LogP contribution in [0.2, 0.25) is 0 Å². The first-order valence-corrected chi connectivity index (χ1v) is 8.41. The van der Waals surface area contributed by atoms with E-state index in [2.05, 4.69) is 5.32 Å². The molecule has 26 heavy (non-hydrogen) atoms. The van der Waals surface area contributed by atoms with Crippen molar-refractivity contribution in [3.63, 3.8) is 0 Å². The van der Waals surface area contributed by atoms with Crippen LogP contribution in [0.3, 0.4) is 0 Å². The molecule has 0 unspecified atom stereocenters. The fraction of sp³-hybridized carbons (Fsp3) is 0.200. The van der Waals surface area contributed by atoms with E-state index >= 15 is 0 Å². The van der Waals surface area contributed by atoms with E-state index in [-0.39, 0.29) is 17.2 Å². The lowest BCUT2D eigenvalue weighted by Gasteiger charge is -2.07. The molecule has 1 heterocycles. The molecule has 3 rings (SSSR count). The van der Waals surface area contributed by atoms with Crippen molar-refractivity contribution in [2.75, 3.05) is 11.9 Å². The molecule has 0 fully saturated rings. The molecule has 6 nitrogen and oxygen atoms in total. The van der Waals surface area contributed by atoms with Crippen molar-refractivity contribution in [2.24, 2.45) is 7.05 Å². The largest absolute Gasteiger partial charge is 0.494 e. The average Bonchev–Trinajstić information content (AvgIpc) is 2.86. The lowest BCUT2D eigenvalue weighted by molar-refractivity contribution is 0.102. The van der Waals surface area contributed by atoms with Gasteiger partial charge in [0.1, 0.15) is 11.4 Å². The Labute approximate surface area is 151 Å². The van der Waals surface area contributed by atoms with E-state index in [4.69, 9.17) is 4.74 Å². The van der Waals surface area contributed by atoms with Crippen molar-refractivity contribution in [1.29, 1.82) is 0 Å². The van der Waals surface area contributed by atoms with Gasteiger partial charge >= 0.3 is 0 Å². The van der Waals surface area contributed by atoms with Gasteiger partial charge in [-0.25, -0.2) is 4.68 Å². The quantitative estimate of drug-likeness (QED) is 0.768. The van der Waals surface area contributed by atoms with Crippen molar-refractivity contribution in [2.45, 2.75) is 13.8 Å². The molecule has 1 amide bonds. The molecule has 0 aliphatic carbocycles. The number of hydrogen-bond donors (Lipinski definition) is 1. The molecule has 2 aromatic carbocycles. The SMILES string of the molecule is CCOc1ccc(C(=O)Nc2c(C)n(C)n(-c3ccccc3)c2=O)cc1. The van der Waals surface area contributed by atoms with Crippen LogP contribution >= 0.6 is 0 Å². The van der Waals surface area contributed by atoms with Gasteiger partial charge in [-0.15, -0.1) is 0 Å². The average molecular weight is 351 g/mol. The zero-order valence-electron chi connectivity index (χ0n) is 15.0. The smallest absolute Gasteiger partial charge is 0.295 e. The Balaban J connectivity index is 1.91. The van der Waals surface area contributed by atoms with Gasteiger partial charge in [0.05, 0.1) is 18.0 Å². The van der Waals surface area contributed by atoms with Crippen LogP contribution in [0.4, 0.5) is 5.69 Å². The number of ether oxygens (including phenoxy) is 1. The minimum Gasteiger partial charge on any atom is -0.494 e.